The van der Waals surface area contributed by atoms with Crippen molar-refractivity contribution in [2.75, 3.05) is 6.61 Å². The van der Waals surface area contributed by atoms with Crippen LogP contribution in [-0.2, 0) is 0 Å². The van der Waals surface area contributed by atoms with Crippen LogP contribution < -0.4 is 10.5 Å². The highest BCUT2D eigenvalue weighted by atomic mass is 16.5. The molecule has 1 aromatic carbocycles. The average molecular weight is 246 g/mol. The van der Waals surface area contributed by atoms with Crippen molar-refractivity contribution in [2.24, 2.45) is 11.1 Å². The maximum atomic E-state index is 8.95. The molecule has 0 amide bonds. The highest BCUT2D eigenvalue weighted by Crippen LogP contribution is 2.26. The van der Waals surface area contributed by atoms with Gasteiger partial charge in [0.2, 0.25) is 0 Å². The number of nitrogens with zero attached hydrogens (tertiary/aromatic N) is 1. The van der Waals surface area contributed by atoms with Crippen molar-refractivity contribution in [3.63, 3.8) is 0 Å². The molecule has 0 aliphatic carbocycles. The smallest absolute Gasteiger partial charge is 0.124 e. The average Bonchev–Trinajstić information content (AvgIpc) is 2.38. The maximum Gasteiger partial charge on any atom is 0.124 e. The van der Waals surface area contributed by atoms with Gasteiger partial charge in [0.15, 0.2) is 0 Å². The second-order valence-electron chi connectivity index (χ2n) is 5.15. The summed E-state index contributed by atoms with van der Waals surface area (Å²) < 4.78 is 5.77. The summed E-state index contributed by atoms with van der Waals surface area (Å²) in [4.78, 5) is 0. The first-order chi connectivity index (χ1) is 8.50. The lowest BCUT2D eigenvalue weighted by atomic mass is 9.92. The van der Waals surface area contributed by atoms with E-state index in [9.17, 15) is 0 Å². The fourth-order valence-electron chi connectivity index (χ4n) is 1.61. The van der Waals surface area contributed by atoms with Gasteiger partial charge in [0.1, 0.15) is 5.75 Å². The fraction of sp³-hybridized carbons (Fsp3) is 0.533. The first-order valence-corrected chi connectivity index (χ1v) is 6.38. The molecule has 1 rings (SSSR count). The lowest BCUT2D eigenvalue weighted by Gasteiger charge is -2.18. The van der Waals surface area contributed by atoms with Crippen molar-refractivity contribution in [1.82, 2.24) is 0 Å². The summed E-state index contributed by atoms with van der Waals surface area (Å²) in [7, 11) is 0. The Bertz CT molecular complexity index is 421. The molecule has 0 radical (unpaired) electrons. The molecule has 0 saturated carbocycles. The summed E-state index contributed by atoms with van der Waals surface area (Å²) in [6, 6.07) is 10.1. The minimum atomic E-state index is -0.345. The lowest BCUT2D eigenvalue weighted by molar-refractivity contribution is 0.261. The van der Waals surface area contributed by atoms with Gasteiger partial charge in [-0.2, -0.15) is 5.26 Å². The molecule has 0 aliphatic heterocycles. The van der Waals surface area contributed by atoms with Gasteiger partial charge in [0, 0.05) is 11.6 Å². The van der Waals surface area contributed by atoms with Gasteiger partial charge in [-0.3, -0.25) is 0 Å². The van der Waals surface area contributed by atoms with E-state index in [-0.39, 0.29) is 11.5 Å². The molecule has 2 N–H and O–H groups in total. The van der Waals surface area contributed by atoms with Crippen LogP contribution in [0.2, 0.25) is 0 Å². The van der Waals surface area contributed by atoms with Crippen LogP contribution in [0.15, 0.2) is 24.3 Å². The Morgan fingerprint density at radius 1 is 1.39 bits per heavy atom. The van der Waals surface area contributed by atoms with E-state index in [1.54, 1.807) is 0 Å². The lowest BCUT2D eigenvalue weighted by Crippen LogP contribution is -2.15. The van der Waals surface area contributed by atoms with Crippen molar-refractivity contribution in [1.29, 1.82) is 5.26 Å². The minimum Gasteiger partial charge on any atom is -0.493 e. The molecule has 0 unspecified atom stereocenters. The quantitative estimate of drug-likeness (QED) is 0.836. The summed E-state index contributed by atoms with van der Waals surface area (Å²) in [6.07, 6.45) is 1.59. The third kappa shape index (κ3) is 4.05. The van der Waals surface area contributed by atoms with Gasteiger partial charge >= 0.3 is 0 Å². The number of ether oxygens (including phenoxy) is 1. The molecule has 0 aliphatic rings. The Kier molecular flexibility index (Phi) is 5.18. The van der Waals surface area contributed by atoms with Gasteiger partial charge in [0.25, 0.3) is 0 Å². The predicted molar refractivity (Wildman–Crippen MR) is 73.2 cm³/mol. The highest BCUT2D eigenvalue weighted by molar-refractivity contribution is 5.35. The van der Waals surface area contributed by atoms with Gasteiger partial charge in [-0.05, 0) is 32.8 Å². The second kappa shape index (κ2) is 6.42. The number of benzene rings is 1. The standard InChI is InChI=1S/C15H22N2O/c1-4-13(17)12-7-5-6-8-14(12)18-10-9-15(2,3)11-16/h5-8,13H,4,9-10,17H2,1-3H3/t13-/m1/s1. The molecule has 1 aromatic rings. The van der Waals surface area contributed by atoms with Crippen LogP contribution in [0.25, 0.3) is 0 Å². The third-order valence-electron chi connectivity index (χ3n) is 3.05. The highest BCUT2D eigenvalue weighted by Gasteiger charge is 2.17. The van der Waals surface area contributed by atoms with Crippen LogP contribution in [-0.4, -0.2) is 6.61 Å². The number of nitrogens with two attached hydrogens (primary N) is 1. The first-order valence-electron chi connectivity index (χ1n) is 6.38. The number of rotatable bonds is 6. The van der Waals surface area contributed by atoms with Crippen LogP contribution in [0.4, 0.5) is 0 Å². The Hall–Kier alpha value is -1.53. The molecule has 0 heterocycles. The van der Waals surface area contributed by atoms with Crippen molar-refractivity contribution >= 4 is 0 Å². The van der Waals surface area contributed by atoms with Crippen LogP contribution in [0.5, 0.6) is 5.75 Å². The van der Waals surface area contributed by atoms with E-state index in [0.29, 0.717) is 13.0 Å². The zero-order chi connectivity index (χ0) is 13.6. The molecule has 0 saturated heterocycles. The Balaban J connectivity index is 2.66. The molecular formula is C15H22N2O. The molecule has 0 fully saturated rings. The number of nitriles is 1. The minimum absolute atomic E-state index is 0.00479. The summed E-state index contributed by atoms with van der Waals surface area (Å²) in [6.45, 7) is 6.42. The largest absolute Gasteiger partial charge is 0.493 e. The summed E-state index contributed by atoms with van der Waals surface area (Å²) in [5, 5.41) is 8.95. The molecule has 0 spiro atoms. The van der Waals surface area contributed by atoms with Crippen LogP contribution in [0.1, 0.15) is 45.2 Å². The molecule has 3 nitrogen and oxygen atoms in total. The maximum absolute atomic E-state index is 8.95. The molecule has 0 aromatic heterocycles. The Morgan fingerprint density at radius 2 is 2.06 bits per heavy atom. The van der Waals surface area contributed by atoms with E-state index in [4.69, 9.17) is 15.7 Å². The van der Waals surface area contributed by atoms with E-state index in [1.807, 2.05) is 38.1 Å². The van der Waals surface area contributed by atoms with Crippen molar-refractivity contribution in [3.05, 3.63) is 29.8 Å². The SMILES string of the molecule is CC[C@@H](N)c1ccccc1OCCC(C)(C)C#N. The summed E-state index contributed by atoms with van der Waals surface area (Å²) in [5.41, 5.74) is 6.74. The van der Waals surface area contributed by atoms with Crippen molar-refractivity contribution in [2.45, 2.75) is 39.7 Å². The summed E-state index contributed by atoms with van der Waals surface area (Å²) in [5.74, 6) is 0.834. The van der Waals surface area contributed by atoms with Gasteiger partial charge in [-0.15, -0.1) is 0 Å². The van der Waals surface area contributed by atoms with Crippen LogP contribution in [0, 0.1) is 16.7 Å². The first kappa shape index (κ1) is 14.5. The second-order valence-corrected chi connectivity index (χ2v) is 5.15. The molecule has 1 atom stereocenters. The predicted octanol–water partition coefficient (Wildman–Crippen LogP) is 3.42. The van der Waals surface area contributed by atoms with Gasteiger partial charge in [-0.25, -0.2) is 0 Å². The Labute approximate surface area is 110 Å². The number of hydrogen-bond acceptors (Lipinski definition) is 3. The molecule has 18 heavy (non-hydrogen) atoms. The zero-order valence-electron chi connectivity index (χ0n) is 11.4. The van der Waals surface area contributed by atoms with E-state index in [2.05, 4.69) is 13.0 Å². The van der Waals surface area contributed by atoms with Crippen molar-refractivity contribution < 1.29 is 4.74 Å². The number of para-hydroxylation sites is 1. The number of hydrogen-bond donors (Lipinski definition) is 1. The normalized spacial score (nSPS) is 12.8. The Morgan fingerprint density at radius 3 is 2.67 bits per heavy atom. The van der Waals surface area contributed by atoms with Crippen molar-refractivity contribution in [3.8, 4) is 11.8 Å². The van der Waals surface area contributed by atoms with Gasteiger partial charge in [-0.1, -0.05) is 25.1 Å². The molecule has 0 bridgehead atoms. The molecule has 98 valence electrons. The van der Waals surface area contributed by atoms with Gasteiger partial charge in [0.05, 0.1) is 18.1 Å². The van der Waals surface area contributed by atoms with Crippen LogP contribution >= 0.6 is 0 Å². The van der Waals surface area contributed by atoms with E-state index in [0.717, 1.165) is 17.7 Å². The molecular weight excluding hydrogens is 224 g/mol. The van der Waals surface area contributed by atoms with Crippen LogP contribution in [0.3, 0.4) is 0 Å². The summed E-state index contributed by atoms with van der Waals surface area (Å²) >= 11 is 0. The fourth-order valence-corrected chi connectivity index (χ4v) is 1.61. The van der Waals surface area contributed by atoms with Gasteiger partial charge < -0.3 is 10.5 Å². The third-order valence-corrected chi connectivity index (χ3v) is 3.05. The molecule has 3 heteroatoms. The zero-order valence-corrected chi connectivity index (χ0v) is 11.4. The van der Waals surface area contributed by atoms with E-state index >= 15 is 0 Å². The monoisotopic (exact) mass is 246 g/mol. The topological polar surface area (TPSA) is 59.0 Å². The van der Waals surface area contributed by atoms with E-state index < -0.39 is 0 Å². The van der Waals surface area contributed by atoms with E-state index in [1.165, 1.54) is 0 Å².